The van der Waals surface area contributed by atoms with Crippen LogP contribution in [0, 0.1) is 0 Å². The molecular weight excluding hydrogens is 194 g/mol. The summed E-state index contributed by atoms with van der Waals surface area (Å²) in [5.74, 6) is 0.00250. The third kappa shape index (κ3) is 8.35. The monoisotopic (exact) mass is 217 g/mol. The number of amides is 1. The van der Waals surface area contributed by atoms with Crippen LogP contribution in [-0.2, 0) is 9.53 Å². The normalized spacial score (nSPS) is 15.1. The highest BCUT2D eigenvalue weighted by Gasteiger charge is 2.10. The van der Waals surface area contributed by atoms with Gasteiger partial charge in [-0.1, -0.05) is 0 Å². The fourth-order valence-electron chi connectivity index (χ4n) is 1.41. The summed E-state index contributed by atoms with van der Waals surface area (Å²) >= 11 is 0. The van der Waals surface area contributed by atoms with Crippen molar-refractivity contribution in [1.82, 2.24) is 10.2 Å². The molecule has 2 atom stereocenters. The Labute approximate surface area is 91.9 Å². The van der Waals surface area contributed by atoms with E-state index >= 15 is 0 Å². The second-order valence-corrected chi connectivity index (χ2v) is 4.10. The van der Waals surface area contributed by atoms with Crippen LogP contribution in [-0.4, -0.2) is 56.7 Å². The lowest BCUT2D eigenvalue weighted by molar-refractivity contribution is -0.122. The molecule has 5 heteroatoms. The first kappa shape index (κ1) is 14.3. The van der Waals surface area contributed by atoms with E-state index in [9.17, 15) is 4.79 Å². The molecule has 0 radical (unpaired) electrons. The smallest absolute Gasteiger partial charge is 0.234 e. The second-order valence-electron chi connectivity index (χ2n) is 4.10. The maximum absolute atomic E-state index is 11.5. The Bertz CT molecular complexity index is 186. The predicted molar refractivity (Wildman–Crippen MR) is 60.6 cm³/mol. The molecule has 0 fully saturated rings. The van der Waals surface area contributed by atoms with Crippen molar-refractivity contribution in [3.8, 4) is 0 Å². The predicted octanol–water partition coefficient (Wildman–Crippen LogP) is -0.583. The number of nitrogens with one attached hydrogen (secondary N) is 1. The summed E-state index contributed by atoms with van der Waals surface area (Å²) in [4.78, 5) is 13.4. The molecule has 0 aromatic carbocycles. The van der Waals surface area contributed by atoms with Gasteiger partial charge in [0.2, 0.25) is 5.91 Å². The lowest BCUT2D eigenvalue weighted by Gasteiger charge is -2.20. The lowest BCUT2D eigenvalue weighted by atomic mass is 10.3. The van der Waals surface area contributed by atoms with Crippen molar-refractivity contribution in [2.24, 2.45) is 5.73 Å². The second kappa shape index (κ2) is 7.62. The topological polar surface area (TPSA) is 67.6 Å². The largest absolute Gasteiger partial charge is 0.383 e. The fourth-order valence-corrected chi connectivity index (χ4v) is 1.41. The first-order valence-corrected chi connectivity index (χ1v) is 5.18. The van der Waals surface area contributed by atoms with E-state index in [4.69, 9.17) is 10.5 Å². The highest BCUT2D eigenvalue weighted by molar-refractivity contribution is 5.78. The summed E-state index contributed by atoms with van der Waals surface area (Å²) in [7, 11) is 3.49. The maximum atomic E-state index is 11.5. The molecule has 90 valence electrons. The Morgan fingerprint density at radius 3 is 2.60 bits per heavy atom. The molecule has 15 heavy (non-hydrogen) atoms. The number of likely N-dealkylation sites (N-methyl/N-ethyl adjacent to an activating group) is 1. The van der Waals surface area contributed by atoms with Crippen molar-refractivity contribution in [1.29, 1.82) is 0 Å². The van der Waals surface area contributed by atoms with Gasteiger partial charge in [-0.05, 0) is 20.9 Å². The SMILES string of the molecule is COCC(C)NC(=O)CN(C)CC(C)N. The van der Waals surface area contributed by atoms with E-state index in [0.717, 1.165) is 0 Å². The van der Waals surface area contributed by atoms with Crippen LogP contribution in [0.15, 0.2) is 0 Å². The van der Waals surface area contributed by atoms with Gasteiger partial charge in [-0.2, -0.15) is 0 Å². The van der Waals surface area contributed by atoms with Gasteiger partial charge in [-0.25, -0.2) is 0 Å². The van der Waals surface area contributed by atoms with Crippen LogP contribution in [0.2, 0.25) is 0 Å². The van der Waals surface area contributed by atoms with E-state index in [1.54, 1.807) is 7.11 Å². The van der Waals surface area contributed by atoms with Crippen molar-refractivity contribution >= 4 is 5.91 Å². The van der Waals surface area contributed by atoms with Gasteiger partial charge in [0.25, 0.3) is 0 Å². The minimum absolute atomic E-state index is 0.00250. The number of carbonyl (C=O) groups is 1. The molecule has 0 spiro atoms. The number of rotatable bonds is 7. The molecule has 0 saturated heterocycles. The van der Waals surface area contributed by atoms with E-state index in [1.165, 1.54) is 0 Å². The zero-order chi connectivity index (χ0) is 11.8. The Morgan fingerprint density at radius 2 is 2.13 bits per heavy atom. The van der Waals surface area contributed by atoms with Crippen molar-refractivity contribution in [3.05, 3.63) is 0 Å². The summed E-state index contributed by atoms with van der Waals surface area (Å²) in [5.41, 5.74) is 5.62. The summed E-state index contributed by atoms with van der Waals surface area (Å²) < 4.78 is 4.93. The van der Waals surface area contributed by atoms with E-state index in [0.29, 0.717) is 19.7 Å². The summed E-state index contributed by atoms with van der Waals surface area (Å²) in [6, 6.07) is 0.130. The van der Waals surface area contributed by atoms with Gasteiger partial charge < -0.3 is 15.8 Å². The van der Waals surface area contributed by atoms with Crippen LogP contribution in [0.25, 0.3) is 0 Å². The molecule has 1 amide bonds. The number of hydrogen-bond acceptors (Lipinski definition) is 4. The molecule has 0 aromatic rings. The molecule has 0 saturated carbocycles. The van der Waals surface area contributed by atoms with Gasteiger partial charge in [-0.3, -0.25) is 9.69 Å². The fraction of sp³-hybridized carbons (Fsp3) is 0.900. The molecule has 2 unspecified atom stereocenters. The first-order valence-electron chi connectivity index (χ1n) is 5.18. The van der Waals surface area contributed by atoms with Crippen LogP contribution in [0.4, 0.5) is 0 Å². The Kier molecular flexibility index (Phi) is 7.29. The number of hydrogen-bond donors (Lipinski definition) is 2. The lowest BCUT2D eigenvalue weighted by Crippen LogP contribution is -2.43. The van der Waals surface area contributed by atoms with Crippen molar-refractivity contribution in [2.75, 3.05) is 33.9 Å². The van der Waals surface area contributed by atoms with Crippen LogP contribution < -0.4 is 11.1 Å². The van der Waals surface area contributed by atoms with Gasteiger partial charge in [0.15, 0.2) is 0 Å². The summed E-state index contributed by atoms with van der Waals surface area (Å²) in [6.07, 6.45) is 0. The third-order valence-electron chi connectivity index (χ3n) is 1.84. The Balaban J connectivity index is 3.72. The molecule has 0 aromatic heterocycles. The Hall–Kier alpha value is -0.650. The highest BCUT2D eigenvalue weighted by atomic mass is 16.5. The molecule has 0 bridgehead atoms. The number of methoxy groups -OCH3 is 1. The molecule has 0 rings (SSSR count). The molecular formula is C10H23N3O2. The van der Waals surface area contributed by atoms with E-state index in [-0.39, 0.29) is 18.0 Å². The molecule has 3 N–H and O–H groups in total. The van der Waals surface area contributed by atoms with Gasteiger partial charge in [0.05, 0.1) is 13.2 Å². The van der Waals surface area contributed by atoms with E-state index in [2.05, 4.69) is 5.32 Å². The number of nitrogens with zero attached hydrogens (tertiary/aromatic N) is 1. The van der Waals surface area contributed by atoms with Gasteiger partial charge in [0.1, 0.15) is 0 Å². The standard InChI is InChI=1S/C10H23N3O2/c1-8(11)5-13(3)6-10(14)12-9(2)7-15-4/h8-9H,5-7,11H2,1-4H3,(H,12,14). The van der Waals surface area contributed by atoms with Gasteiger partial charge in [-0.15, -0.1) is 0 Å². The number of ether oxygens (including phenoxy) is 1. The first-order chi connectivity index (χ1) is 6.95. The van der Waals surface area contributed by atoms with Gasteiger partial charge >= 0.3 is 0 Å². The average molecular weight is 217 g/mol. The van der Waals surface area contributed by atoms with Crippen LogP contribution >= 0.6 is 0 Å². The van der Waals surface area contributed by atoms with Crippen molar-refractivity contribution in [3.63, 3.8) is 0 Å². The van der Waals surface area contributed by atoms with Crippen molar-refractivity contribution < 1.29 is 9.53 Å². The number of nitrogens with two attached hydrogens (primary N) is 1. The molecule has 0 aliphatic rings. The van der Waals surface area contributed by atoms with E-state index < -0.39 is 0 Å². The summed E-state index contributed by atoms with van der Waals surface area (Å²) in [5, 5.41) is 2.84. The van der Waals surface area contributed by atoms with Crippen LogP contribution in [0.5, 0.6) is 0 Å². The minimum atomic E-state index is 0.00250. The quantitative estimate of drug-likeness (QED) is 0.598. The van der Waals surface area contributed by atoms with Gasteiger partial charge in [0, 0.05) is 25.7 Å². The zero-order valence-electron chi connectivity index (χ0n) is 10.1. The van der Waals surface area contributed by atoms with Crippen LogP contribution in [0.1, 0.15) is 13.8 Å². The summed E-state index contributed by atoms with van der Waals surface area (Å²) in [6.45, 7) is 5.44. The Morgan fingerprint density at radius 1 is 1.53 bits per heavy atom. The highest BCUT2D eigenvalue weighted by Crippen LogP contribution is 1.87. The van der Waals surface area contributed by atoms with Crippen LogP contribution in [0.3, 0.4) is 0 Å². The maximum Gasteiger partial charge on any atom is 0.234 e. The zero-order valence-corrected chi connectivity index (χ0v) is 10.1. The third-order valence-corrected chi connectivity index (χ3v) is 1.84. The van der Waals surface area contributed by atoms with Crippen molar-refractivity contribution in [2.45, 2.75) is 25.9 Å². The minimum Gasteiger partial charge on any atom is -0.383 e. The average Bonchev–Trinajstić information content (AvgIpc) is 2.00. The molecule has 0 aliphatic heterocycles. The number of carbonyl (C=O) groups excluding carboxylic acids is 1. The van der Waals surface area contributed by atoms with E-state index in [1.807, 2.05) is 25.8 Å². The molecule has 5 nitrogen and oxygen atoms in total. The molecule has 0 heterocycles. The molecule has 0 aliphatic carbocycles.